The second-order valence-electron chi connectivity index (χ2n) is 6.99. The van der Waals surface area contributed by atoms with Gasteiger partial charge in [0.25, 0.3) is 11.4 Å². The van der Waals surface area contributed by atoms with Crippen LogP contribution in [-0.2, 0) is 5.75 Å². The van der Waals surface area contributed by atoms with Crippen LogP contribution in [0.25, 0.3) is 0 Å². The number of nitro groups is 3. The van der Waals surface area contributed by atoms with Gasteiger partial charge in [-0.15, -0.1) is 5.10 Å². The molecule has 0 aliphatic carbocycles. The van der Waals surface area contributed by atoms with Gasteiger partial charge in [-0.3, -0.25) is 30.3 Å². The summed E-state index contributed by atoms with van der Waals surface area (Å²) in [4.78, 5) is 27.8. The fraction of sp³-hybridized carbons (Fsp3) is 0.0909. The summed E-state index contributed by atoms with van der Waals surface area (Å²) < 4.78 is 5.02. The van der Waals surface area contributed by atoms with E-state index >= 15 is 0 Å². The first-order valence-electron chi connectivity index (χ1n) is 10.2. The first kappa shape index (κ1) is 29.0. The van der Waals surface area contributed by atoms with E-state index in [1.807, 2.05) is 30.3 Å². The number of benzene rings is 3. The molecular formula is C22H20N6O9S. The summed E-state index contributed by atoms with van der Waals surface area (Å²) in [6.07, 6.45) is 1.55. The number of hydrogen-bond donors (Lipinski definition) is 3. The lowest BCUT2D eigenvalue weighted by atomic mass is 10.2. The normalized spacial score (nSPS) is 10.9. The lowest BCUT2D eigenvalue weighted by Crippen LogP contribution is -2.05. The maximum absolute atomic E-state index is 10.4. The van der Waals surface area contributed by atoms with Crippen LogP contribution < -0.4 is 10.5 Å². The van der Waals surface area contributed by atoms with Crippen LogP contribution in [0.15, 0.2) is 70.9 Å². The molecule has 38 heavy (non-hydrogen) atoms. The van der Waals surface area contributed by atoms with E-state index in [0.717, 1.165) is 11.3 Å². The Hall–Kier alpha value is -5.25. The number of nitrogens with zero attached hydrogens (tertiary/aromatic N) is 5. The number of aromatic hydroxyl groups is 2. The van der Waals surface area contributed by atoms with Crippen LogP contribution in [0.3, 0.4) is 0 Å². The number of non-ortho nitro benzene ring substituents is 1. The van der Waals surface area contributed by atoms with Gasteiger partial charge in [-0.05, 0) is 29.3 Å². The van der Waals surface area contributed by atoms with Gasteiger partial charge in [0, 0.05) is 5.75 Å². The maximum Gasteiger partial charge on any atom is 0.324 e. The molecule has 0 atom stereocenters. The van der Waals surface area contributed by atoms with Gasteiger partial charge in [0.15, 0.2) is 16.7 Å². The third-order valence-electron chi connectivity index (χ3n) is 4.46. The highest BCUT2D eigenvalue weighted by atomic mass is 32.2. The Bertz CT molecular complexity index is 1350. The van der Waals surface area contributed by atoms with E-state index in [2.05, 4.69) is 10.2 Å². The number of phenolic OH excluding ortho intramolecular Hbond substituents is 2. The molecule has 16 heteroatoms. The Balaban J connectivity index is 0.000000281. The molecule has 0 aliphatic heterocycles. The predicted molar refractivity (Wildman–Crippen MR) is 140 cm³/mol. The van der Waals surface area contributed by atoms with Crippen molar-refractivity contribution in [3.8, 4) is 17.2 Å². The van der Waals surface area contributed by atoms with E-state index in [4.69, 9.17) is 15.6 Å². The molecule has 15 nitrogen and oxygen atoms in total. The molecule has 0 spiro atoms. The van der Waals surface area contributed by atoms with Crippen LogP contribution in [-0.4, -0.2) is 43.5 Å². The summed E-state index contributed by atoms with van der Waals surface area (Å²) >= 11 is 1.42. The molecule has 0 unspecified atom stereocenters. The predicted octanol–water partition coefficient (Wildman–Crippen LogP) is 4.10. The minimum atomic E-state index is -1.21. The summed E-state index contributed by atoms with van der Waals surface area (Å²) in [7, 11) is 1.49. The number of phenols is 2. The number of nitrogens with two attached hydrogens (primary N) is 1. The summed E-state index contributed by atoms with van der Waals surface area (Å²) in [5, 5.41) is 58.0. The van der Waals surface area contributed by atoms with Gasteiger partial charge in [0.05, 0.1) is 40.2 Å². The summed E-state index contributed by atoms with van der Waals surface area (Å²) in [5.41, 5.74) is 4.74. The second-order valence-corrected chi connectivity index (χ2v) is 7.99. The van der Waals surface area contributed by atoms with E-state index in [-0.39, 0.29) is 5.75 Å². The Morgan fingerprint density at radius 3 is 2.11 bits per heavy atom. The van der Waals surface area contributed by atoms with Crippen molar-refractivity contribution in [3.05, 3.63) is 102 Å². The first-order valence-corrected chi connectivity index (χ1v) is 11.2. The van der Waals surface area contributed by atoms with Crippen LogP contribution in [0, 0.1) is 30.3 Å². The summed E-state index contributed by atoms with van der Waals surface area (Å²) in [6, 6.07) is 15.8. The number of rotatable bonds is 8. The fourth-order valence-corrected chi connectivity index (χ4v) is 3.27. The molecule has 0 bridgehead atoms. The molecule has 0 aliphatic rings. The van der Waals surface area contributed by atoms with Crippen LogP contribution in [0.4, 0.5) is 17.1 Å². The molecular weight excluding hydrogens is 524 g/mol. The van der Waals surface area contributed by atoms with Gasteiger partial charge in [-0.1, -0.05) is 42.1 Å². The van der Waals surface area contributed by atoms with Gasteiger partial charge < -0.3 is 20.7 Å². The zero-order valence-corrected chi connectivity index (χ0v) is 20.3. The topological polar surface area (TPSA) is 230 Å². The van der Waals surface area contributed by atoms with E-state index in [9.17, 15) is 35.4 Å². The van der Waals surface area contributed by atoms with Crippen LogP contribution in [0.1, 0.15) is 11.1 Å². The quantitative estimate of drug-likeness (QED) is 0.158. The van der Waals surface area contributed by atoms with Gasteiger partial charge in [0.1, 0.15) is 0 Å². The van der Waals surface area contributed by atoms with Gasteiger partial charge in [-0.25, -0.2) is 0 Å². The molecule has 3 aromatic carbocycles. The number of amidine groups is 1. The van der Waals surface area contributed by atoms with E-state index in [1.165, 1.54) is 30.5 Å². The SMILES string of the molecule is COc1cc(C=NN=C(N)SCc2ccccc2)ccc1O.O=[N+]([O-])c1cc([N+](=O)[O-])c(O)c([N+](=O)[O-])c1. The average molecular weight is 545 g/mol. The molecule has 0 amide bonds. The fourth-order valence-electron chi connectivity index (χ4n) is 2.66. The Labute approximate surface area is 218 Å². The van der Waals surface area contributed by atoms with E-state index < -0.39 is 37.6 Å². The van der Waals surface area contributed by atoms with Crippen molar-refractivity contribution in [1.82, 2.24) is 0 Å². The summed E-state index contributed by atoms with van der Waals surface area (Å²) in [6.45, 7) is 0. The lowest BCUT2D eigenvalue weighted by molar-refractivity contribution is -0.404. The molecule has 0 radical (unpaired) electrons. The number of methoxy groups -OCH3 is 1. The van der Waals surface area contributed by atoms with Crippen LogP contribution in [0.5, 0.6) is 17.2 Å². The number of thioether (sulfide) groups is 1. The molecule has 0 saturated heterocycles. The largest absolute Gasteiger partial charge is 0.504 e. The van der Waals surface area contributed by atoms with Gasteiger partial charge in [-0.2, -0.15) is 5.10 Å². The van der Waals surface area contributed by atoms with Gasteiger partial charge in [0.2, 0.25) is 0 Å². The molecule has 4 N–H and O–H groups in total. The Morgan fingerprint density at radius 2 is 1.58 bits per heavy atom. The standard InChI is InChI=1S/C16H17N3O2S.C6H3N3O7/c1-21-15-9-13(7-8-14(15)20)10-18-19-16(17)22-11-12-5-3-2-4-6-12;10-6-4(8(13)14)1-3(7(11)12)2-5(6)9(15)16/h2-10,20H,11H2,1H3,(H2,17,19);1-2,10H. The highest BCUT2D eigenvalue weighted by Gasteiger charge is 2.30. The highest BCUT2D eigenvalue weighted by molar-refractivity contribution is 8.13. The van der Waals surface area contributed by atoms with Crippen molar-refractivity contribution in [2.75, 3.05) is 7.11 Å². The first-order chi connectivity index (χ1) is 18.0. The molecule has 0 aromatic heterocycles. The molecule has 3 aromatic rings. The smallest absolute Gasteiger partial charge is 0.324 e. The number of hydrogen-bond acceptors (Lipinski definition) is 12. The van der Waals surface area contributed by atoms with Crippen LogP contribution >= 0.6 is 11.8 Å². The minimum Gasteiger partial charge on any atom is -0.504 e. The molecule has 0 fully saturated rings. The van der Waals surface area contributed by atoms with Crippen molar-refractivity contribution < 1.29 is 29.7 Å². The monoisotopic (exact) mass is 544 g/mol. The second kappa shape index (κ2) is 13.7. The molecule has 198 valence electrons. The zero-order chi connectivity index (χ0) is 28.2. The van der Waals surface area contributed by atoms with Crippen LogP contribution in [0.2, 0.25) is 0 Å². The Morgan fingerprint density at radius 1 is 0.974 bits per heavy atom. The average Bonchev–Trinajstić information content (AvgIpc) is 2.89. The molecule has 3 rings (SSSR count). The maximum atomic E-state index is 10.4. The van der Waals surface area contributed by atoms with Gasteiger partial charge >= 0.3 is 11.4 Å². The van der Waals surface area contributed by atoms with Crippen molar-refractivity contribution in [2.24, 2.45) is 15.9 Å². The lowest BCUT2D eigenvalue weighted by Gasteiger charge is -2.02. The molecule has 0 heterocycles. The summed E-state index contributed by atoms with van der Waals surface area (Å²) in [5.74, 6) is 0.0136. The van der Waals surface area contributed by atoms with Crippen molar-refractivity contribution >= 4 is 40.2 Å². The third-order valence-corrected chi connectivity index (χ3v) is 5.31. The highest BCUT2D eigenvalue weighted by Crippen LogP contribution is 2.39. The van der Waals surface area contributed by atoms with E-state index in [0.29, 0.717) is 23.0 Å². The van der Waals surface area contributed by atoms with E-state index in [1.54, 1.807) is 18.3 Å². The minimum absolute atomic E-state index is 0.0843. The number of nitro benzene ring substituents is 3. The van der Waals surface area contributed by atoms with Crippen molar-refractivity contribution in [3.63, 3.8) is 0 Å². The molecule has 0 saturated carbocycles. The third kappa shape index (κ3) is 8.45. The van der Waals surface area contributed by atoms with Crippen molar-refractivity contribution in [2.45, 2.75) is 5.75 Å². The Kier molecular flexibility index (Phi) is 10.5. The number of ether oxygens (including phenoxy) is 1. The van der Waals surface area contributed by atoms with Crippen molar-refractivity contribution in [1.29, 1.82) is 0 Å². The zero-order valence-electron chi connectivity index (χ0n) is 19.5.